The maximum Gasteiger partial charge on any atom is 0.251 e. The number of carbonyl (C=O) groups is 1. The second-order valence-corrected chi connectivity index (χ2v) is 7.72. The zero-order valence-corrected chi connectivity index (χ0v) is 17.2. The lowest BCUT2D eigenvalue weighted by Gasteiger charge is -2.37. The van der Waals surface area contributed by atoms with Crippen molar-refractivity contribution in [3.05, 3.63) is 59.9 Å². The van der Waals surface area contributed by atoms with E-state index in [2.05, 4.69) is 15.2 Å². The van der Waals surface area contributed by atoms with Crippen LogP contribution in [0.2, 0.25) is 0 Å². The topological polar surface area (TPSA) is 72.9 Å². The number of nitrogens with zero attached hydrogens (tertiary/aromatic N) is 2. The van der Waals surface area contributed by atoms with Crippen molar-refractivity contribution in [2.45, 2.75) is 19.1 Å². The van der Waals surface area contributed by atoms with Gasteiger partial charge >= 0.3 is 0 Å². The van der Waals surface area contributed by atoms with Crippen LogP contribution in [0.5, 0.6) is 5.75 Å². The average Bonchev–Trinajstić information content (AvgIpc) is 3.34. The van der Waals surface area contributed by atoms with Crippen molar-refractivity contribution in [1.29, 1.82) is 0 Å². The van der Waals surface area contributed by atoms with Crippen LogP contribution in [0, 0.1) is 5.92 Å². The van der Waals surface area contributed by atoms with Crippen LogP contribution in [0.25, 0.3) is 0 Å². The van der Waals surface area contributed by atoms with E-state index in [9.17, 15) is 4.79 Å². The lowest BCUT2D eigenvalue weighted by molar-refractivity contribution is 0.00166. The van der Waals surface area contributed by atoms with Crippen molar-refractivity contribution in [2.75, 3.05) is 46.1 Å². The molecule has 7 nitrogen and oxygen atoms in total. The summed E-state index contributed by atoms with van der Waals surface area (Å²) in [7, 11) is 0. The number of hydrogen-bond acceptors (Lipinski definition) is 6. The molecule has 0 bridgehead atoms. The number of aromatic nitrogens is 1. The minimum absolute atomic E-state index is 0.0639. The minimum atomic E-state index is -0.0639. The van der Waals surface area contributed by atoms with Gasteiger partial charge in [0.25, 0.3) is 5.91 Å². The molecule has 30 heavy (non-hydrogen) atoms. The van der Waals surface area contributed by atoms with Gasteiger partial charge in [-0.15, -0.1) is 0 Å². The molecule has 0 aliphatic carbocycles. The van der Waals surface area contributed by atoms with Crippen LogP contribution in [0.3, 0.4) is 0 Å². The zero-order valence-electron chi connectivity index (χ0n) is 17.2. The summed E-state index contributed by atoms with van der Waals surface area (Å²) in [5.74, 6) is 1.11. The van der Waals surface area contributed by atoms with Gasteiger partial charge in [-0.2, -0.15) is 0 Å². The van der Waals surface area contributed by atoms with Crippen LogP contribution in [0.15, 0.2) is 48.8 Å². The van der Waals surface area contributed by atoms with Gasteiger partial charge in [-0.1, -0.05) is 6.07 Å². The standard InChI is InChI=1S/C23H29N3O4/c27-23(19-3-5-21(6-4-19)30-16-18-2-1-8-24-14-18)25-15-22(20-7-11-29-17-20)26-9-12-28-13-10-26/h1-6,8,14,20,22H,7,9-13,15-17H2,(H,25,27)/t20-,22-/m1/s1. The highest BCUT2D eigenvalue weighted by atomic mass is 16.5. The van der Waals surface area contributed by atoms with Gasteiger partial charge in [0.1, 0.15) is 12.4 Å². The number of ether oxygens (including phenoxy) is 3. The molecule has 2 aliphatic rings. The van der Waals surface area contributed by atoms with Gasteiger partial charge < -0.3 is 19.5 Å². The molecule has 2 aromatic rings. The number of benzene rings is 1. The highest BCUT2D eigenvalue weighted by Crippen LogP contribution is 2.22. The second-order valence-electron chi connectivity index (χ2n) is 7.72. The number of morpholine rings is 1. The van der Waals surface area contributed by atoms with E-state index in [0.717, 1.165) is 57.3 Å². The van der Waals surface area contributed by atoms with Crippen molar-refractivity contribution in [1.82, 2.24) is 15.2 Å². The van der Waals surface area contributed by atoms with E-state index in [1.165, 1.54) is 0 Å². The molecule has 7 heteroatoms. The molecule has 0 radical (unpaired) electrons. The highest BCUT2D eigenvalue weighted by molar-refractivity contribution is 5.94. The lowest BCUT2D eigenvalue weighted by Crippen LogP contribution is -2.52. The Kier molecular flexibility index (Phi) is 7.29. The molecule has 1 N–H and O–H groups in total. The summed E-state index contributed by atoms with van der Waals surface area (Å²) >= 11 is 0. The largest absolute Gasteiger partial charge is 0.489 e. The molecule has 2 saturated heterocycles. The smallest absolute Gasteiger partial charge is 0.251 e. The third-order valence-electron chi connectivity index (χ3n) is 5.74. The molecule has 1 aromatic carbocycles. The van der Waals surface area contributed by atoms with Crippen molar-refractivity contribution in [3.63, 3.8) is 0 Å². The van der Waals surface area contributed by atoms with Gasteiger partial charge in [-0.3, -0.25) is 14.7 Å². The molecular weight excluding hydrogens is 382 g/mol. The summed E-state index contributed by atoms with van der Waals surface area (Å²) in [5.41, 5.74) is 1.64. The Hall–Kier alpha value is -2.48. The van der Waals surface area contributed by atoms with E-state index in [1.807, 2.05) is 24.3 Å². The van der Waals surface area contributed by atoms with Gasteiger partial charge in [-0.25, -0.2) is 0 Å². The van der Waals surface area contributed by atoms with Crippen molar-refractivity contribution < 1.29 is 19.0 Å². The van der Waals surface area contributed by atoms with E-state index in [1.54, 1.807) is 24.5 Å². The van der Waals surface area contributed by atoms with Gasteiger partial charge in [0, 0.05) is 61.7 Å². The molecule has 0 unspecified atom stereocenters. The Morgan fingerprint density at radius 2 is 2.00 bits per heavy atom. The summed E-state index contributed by atoms with van der Waals surface area (Å²) in [5, 5.41) is 3.12. The average molecular weight is 412 g/mol. The molecule has 1 aromatic heterocycles. The van der Waals surface area contributed by atoms with Crippen LogP contribution in [-0.4, -0.2) is 67.9 Å². The SMILES string of the molecule is O=C(NC[C@H]([C@@H]1CCOC1)N1CCOCC1)c1ccc(OCc2cccnc2)cc1. The van der Waals surface area contributed by atoms with E-state index in [4.69, 9.17) is 14.2 Å². The summed E-state index contributed by atoms with van der Waals surface area (Å²) in [6.45, 7) is 5.94. The summed E-state index contributed by atoms with van der Waals surface area (Å²) < 4.78 is 16.9. The van der Waals surface area contributed by atoms with Crippen molar-refractivity contribution >= 4 is 5.91 Å². The van der Waals surface area contributed by atoms with Gasteiger partial charge in [-0.05, 0) is 36.8 Å². The number of hydrogen-bond donors (Lipinski definition) is 1. The Balaban J connectivity index is 1.30. The van der Waals surface area contributed by atoms with Crippen LogP contribution in [0.1, 0.15) is 22.3 Å². The predicted octanol–water partition coefficient (Wildman–Crippen LogP) is 2.13. The fourth-order valence-electron chi connectivity index (χ4n) is 4.01. The number of amides is 1. The molecule has 2 aliphatic heterocycles. The Morgan fingerprint density at radius 1 is 1.17 bits per heavy atom. The fourth-order valence-corrected chi connectivity index (χ4v) is 4.01. The monoisotopic (exact) mass is 411 g/mol. The maximum atomic E-state index is 12.7. The second kappa shape index (κ2) is 10.5. The van der Waals surface area contributed by atoms with E-state index in [-0.39, 0.29) is 11.9 Å². The Bertz CT molecular complexity index is 788. The Morgan fingerprint density at radius 3 is 2.70 bits per heavy atom. The molecule has 2 atom stereocenters. The quantitative estimate of drug-likeness (QED) is 0.718. The molecule has 4 rings (SSSR count). The predicted molar refractivity (Wildman–Crippen MR) is 112 cm³/mol. The first-order valence-electron chi connectivity index (χ1n) is 10.6. The number of carbonyl (C=O) groups excluding carboxylic acids is 1. The van der Waals surface area contributed by atoms with Crippen molar-refractivity contribution in [3.8, 4) is 5.75 Å². The highest BCUT2D eigenvalue weighted by Gasteiger charge is 2.31. The first-order chi connectivity index (χ1) is 14.8. The third-order valence-corrected chi connectivity index (χ3v) is 5.74. The zero-order chi connectivity index (χ0) is 20.6. The number of rotatable bonds is 8. The molecule has 0 saturated carbocycles. The molecule has 160 valence electrons. The van der Waals surface area contributed by atoms with Crippen LogP contribution < -0.4 is 10.1 Å². The minimum Gasteiger partial charge on any atom is -0.489 e. The maximum absolute atomic E-state index is 12.7. The van der Waals surface area contributed by atoms with Crippen molar-refractivity contribution in [2.24, 2.45) is 5.92 Å². The first-order valence-corrected chi connectivity index (χ1v) is 10.6. The summed E-state index contributed by atoms with van der Waals surface area (Å²) in [6, 6.07) is 11.4. The van der Waals surface area contributed by atoms with E-state index >= 15 is 0 Å². The van der Waals surface area contributed by atoms with E-state index in [0.29, 0.717) is 24.6 Å². The molecule has 3 heterocycles. The van der Waals surface area contributed by atoms with Crippen LogP contribution >= 0.6 is 0 Å². The van der Waals surface area contributed by atoms with E-state index < -0.39 is 0 Å². The summed E-state index contributed by atoms with van der Waals surface area (Å²) in [6.07, 6.45) is 4.56. The van der Waals surface area contributed by atoms with Gasteiger partial charge in [0.15, 0.2) is 0 Å². The number of nitrogens with one attached hydrogen (secondary N) is 1. The van der Waals surface area contributed by atoms with Gasteiger partial charge in [0.2, 0.25) is 0 Å². The molecular formula is C23H29N3O4. The Labute approximate surface area is 177 Å². The molecule has 0 spiro atoms. The number of pyridine rings is 1. The lowest BCUT2D eigenvalue weighted by atomic mass is 9.96. The van der Waals surface area contributed by atoms with Crippen LogP contribution in [-0.2, 0) is 16.1 Å². The molecule has 1 amide bonds. The van der Waals surface area contributed by atoms with Gasteiger partial charge in [0.05, 0.1) is 19.8 Å². The first kappa shape index (κ1) is 20.8. The fraction of sp³-hybridized carbons (Fsp3) is 0.478. The van der Waals surface area contributed by atoms with Crippen LogP contribution in [0.4, 0.5) is 0 Å². The molecule has 2 fully saturated rings. The third kappa shape index (κ3) is 5.56. The normalized spacial score (nSPS) is 20.6. The summed E-state index contributed by atoms with van der Waals surface area (Å²) in [4.78, 5) is 19.2.